The highest BCUT2D eigenvalue weighted by molar-refractivity contribution is 9.10. The monoisotopic (exact) mass is 725 g/mol. The molecule has 0 aliphatic heterocycles. The molecule has 0 aliphatic carbocycles. The Morgan fingerprint density at radius 1 is 0.913 bits per heavy atom. The Hall–Kier alpha value is -3.86. The van der Waals surface area contributed by atoms with Crippen molar-refractivity contribution in [3.05, 3.63) is 124 Å². The number of benzene rings is 4. The largest absolute Gasteiger partial charge is 0.497 e. The molecule has 8 nitrogen and oxygen atoms in total. The van der Waals surface area contributed by atoms with E-state index in [0.29, 0.717) is 17.3 Å². The first kappa shape index (κ1) is 35.0. The van der Waals surface area contributed by atoms with Crippen molar-refractivity contribution in [3.8, 4) is 5.75 Å². The molecular weight excluding hydrogens is 690 g/mol. The predicted molar refractivity (Wildman–Crippen MR) is 186 cm³/mol. The number of unbranched alkanes of at least 4 members (excludes halogenated alkanes) is 1. The fraction of sp³-hybridized carbons (Fsp3) is 0.257. The lowest BCUT2D eigenvalue weighted by molar-refractivity contribution is -0.140. The lowest BCUT2D eigenvalue weighted by Crippen LogP contribution is -2.53. The molecular formula is C35H37BrClN3O5S. The first-order valence-corrected chi connectivity index (χ1v) is 17.5. The molecule has 0 fully saturated rings. The van der Waals surface area contributed by atoms with E-state index in [4.69, 9.17) is 16.3 Å². The van der Waals surface area contributed by atoms with Gasteiger partial charge in [0.15, 0.2) is 0 Å². The Kier molecular flexibility index (Phi) is 12.7. The van der Waals surface area contributed by atoms with Gasteiger partial charge in [0.25, 0.3) is 10.0 Å². The topological polar surface area (TPSA) is 96.0 Å². The van der Waals surface area contributed by atoms with Crippen LogP contribution in [-0.4, -0.2) is 51.4 Å². The summed E-state index contributed by atoms with van der Waals surface area (Å²) in [5.41, 5.74) is 1.85. The number of carbonyl (C=O) groups excluding carboxylic acids is 2. The number of ether oxygens (including phenoxy) is 1. The molecule has 0 aromatic heterocycles. The average Bonchev–Trinajstić information content (AvgIpc) is 3.05. The van der Waals surface area contributed by atoms with Crippen LogP contribution in [0.1, 0.15) is 30.9 Å². The number of rotatable bonds is 15. The molecule has 242 valence electrons. The predicted octanol–water partition coefficient (Wildman–Crippen LogP) is 6.86. The number of halogens is 2. The molecule has 0 spiro atoms. The summed E-state index contributed by atoms with van der Waals surface area (Å²) in [5.74, 6) is -0.376. The summed E-state index contributed by atoms with van der Waals surface area (Å²) >= 11 is 9.80. The first-order chi connectivity index (χ1) is 22.1. The summed E-state index contributed by atoms with van der Waals surface area (Å²) in [4.78, 5) is 29.8. The van der Waals surface area contributed by atoms with Gasteiger partial charge in [0.05, 0.1) is 17.7 Å². The summed E-state index contributed by atoms with van der Waals surface area (Å²) in [6.07, 6.45) is 1.91. The number of methoxy groups -OCH3 is 1. The Labute approximate surface area is 284 Å². The van der Waals surface area contributed by atoms with Crippen LogP contribution in [0.15, 0.2) is 112 Å². The number of sulfonamides is 1. The number of amides is 2. The van der Waals surface area contributed by atoms with Gasteiger partial charge in [-0.15, -0.1) is 0 Å². The standard InChI is InChI=1S/C35H37BrClN3O5S/c1-3-4-20-38-35(42)33(22-26-10-6-5-7-11-26)39(24-27-12-8-13-28(36)21-27)34(41)25-40(30-15-9-14-29(37)23-30)46(43,44)32-18-16-31(45-2)17-19-32/h5-19,21,23,33H,3-4,20,22,24-25H2,1-2H3,(H,38,42)/t33-/m1/s1. The summed E-state index contributed by atoms with van der Waals surface area (Å²) in [5, 5.41) is 3.30. The molecule has 1 N–H and O–H groups in total. The van der Waals surface area contributed by atoms with Gasteiger partial charge in [0, 0.05) is 29.0 Å². The van der Waals surface area contributed by atoms with E-state index in [1.54, 1.807) is 30.3 Å². The van der Waals surface area contributed by atoms with Gasteiger partial charge in [-0.3, -0.25) is 13.9 Å². The summed E-state index contributed by atoms with van der Waals surface area (Å²) in [6, 6.07) is 28.2. The van der Waals surface area contributed by atoms with Crippen molar-refractivity contribution in [3.63, 3.8) is 0 Å². The zero-order valence-corrected chi connectivity index (χ0v) is 28.9. The van der Waals surface area contributed by atoms with E-state index >= 15 is 0 Å². The second-order valence-electron chi connectivity index (χ2n) is 10.7. The van der Waals surface area contributed by atoms with Crippen LogP contribution >= 0.6 is 27.5 Å². The van der Waals surface area contributed by atoms with E-state index in [1.807, 2.05) is 61.5 Å². The molecule has 4 aromatic rings. The van der Waals surface area contributed by atoms with Gasteiger partial charge >= 0.3 is 0 Å². The van der Waals surface area contributed by atoms with Gasteiger partial charge in [0.1, 0.15) is 18.3 Å². The minimum Gasteiger partial charge on any atom is -0.497 e. The lowest BCUT2D eigenvalue weighted by Gasteiger charge is -2.34. The van der Waals surface area contributed by atoms with Crippen molar-refractivity contribution in [2.24, 2.45) is 0 Å². The number of carbonyl (C=O) groups is 2. The van der Waals surface area contributed by atoms with Crippen LogP contribution in [-0.2, 0) is 32.6 Å². The lowest BCUT2D eigenvalue weighted by atomic mass is 10.0. The van der Waals surface area contributed by atoms with Crippen molar-refractivity contribution in [2.75, 3.05) is 24.5 Å². The van der Waals surface area contributed by atoms with Crippen molar-refractivity contribution in [2.45, 2.75) is 43.7 Å². The molecule has 1 atom stereocenters. The van der Waals surface area contributed by atoms with Crippen LogP contribution in [0.2, 0.25) is 5.02 Å². The van der Waals surface area contributed by atoms with Crippen LogP contribution < -0.4 is 14.4 Å². The molecule has 0 unspecified atom stereocenters. The number of nitrogens with one attached hydrogen (secondary N) is 1. The fourth-order valence-electron chi connectivity index (χ4n) is 4.93. The molecule has 2 amide bonds. The molecule has 11 heteroatoms. The van der Waals surface area contributed by atoms with Gasteiger partial charge in [-0.25, -0.2) is 8.42 Å². The normalized spacial score (nSPS) is 11.8. The second kappa shape index (κ2) is 16.6. The van der Waals surface area contributed by atoms with Crippen molar-refractivity contribution in [1.82, 2.24) is 10.2 Å². The van der Waals surface area contributed by atoms with E-state index in [9.17, 15) is 18.0 Å². The molecule has 46 heavy (non-hydrogen) atoms. The van der Waals surface area contributed by atoms with E-state index in [0.717, 1.165) is 32.7 Å². The van der Waals surface area contributed by atoms with Gasteiger partial charge in [-0.2, -0.15) is 0 Å². The average molecular weight is 727 g/mol. The summed E-state index contributed by atoms with van der Waals surface area (Å²) < 4.78 is 35.4. The minimum atomic E-state index is -4.26. The molecule has 0 bridgehead atoms. The van der Waals surface area contributed by atoms with Crippen molar-refractivity contribution >= 4 is 55.1 Å². The molecule has 0 saturated heterocycles. The van der Waals surface area contributed by atoms with Gasteiger partial charge in [0.2, 0.25) is 11.8 Å². The van der Waals surface area contributed by atoms with E-state index in [1.165, 1.54) is 30.2 Å². The van der Waals surface area contributed by atoms with Crippen molar-refractivity contribution in [1.29, 1.82) is 0 Å². The smallest absolute Gasteiger partial charge is 0.264 e. The first-order valence-electron chi connectivity index (χ1n) is 14.9. The maximum atomic E-state index is 14.5. The fourth-order valence-corrected chi connectivity index (χ4v) is 6.96. The zero-order chi connectivity index (χ0) is 33.1. The highest BCUT2D eigenvalue weighted by atomic mass is 79.9. The molecule has 4 aromatic carbocycles. The van der Waals surface area contributed by atoms with E-state index < -0.39 is 28.5 Å². The zero-order valence-electron chi connectivity index (χ0n) is 25.7. The Bertz CT molecular complexity index is 1720. The van der Waals surface area contributed by atoms with Gasteiger partial charge in [-0.1, -0.05) is 89.4 Å². The van der Waals surface area contributed by atoms with E-state index in [-0.39, 0.29) is 29.5 Å². The van der Waals surface area contributed by atoms with Crippen LogP contribution in [0.5, 0.6) is 5.75 Å². The van der Waals surface area contributed by atoms with Crippen molar-refractivity contribution < 1.29 is 22.7 Å². The number of hydrogen-bond donors (Lipinski definition) is 1. The number of anilines is 1. The molecule has 4 rings (SSSR count). The number of nitrogens with zero attached hydrogens (tertiary/aromatic N) is 2. The molecule has 0 heterocycles. The van der Waals surface area contributed by atoms with Gasteiger partial charge in [-0.05, 0) is 72.1 Å². The highest BCUT2D eigenvalue weighted by Gasteiger charge is 2.34. The summed E-state index contributed by atoms with van der Waals surface area (Å²) in [7, 11) is -2.77. The Morgan fingerprint density at radius 2 is 1.61 bits per heavy atom. The quantitative estimate of drug-likeness (QED) is 0.135. The third-order valence-corrected chi connectivity index (χ3v) is 9.88. The molecule has 0 radical (unpaired) electrons. The second-order valence-corrected chi connectivity index (χ2v) is 13.9. The molecule has 0 aliphatic rings. The number of hydrogen-bond acceptors (Lipinski definition) is 5. The van der Waals surface area contributed by atoms with Crippen LogP contribution in [0.4, 0.5) is 5.69 Å². The molecule has 0 saturated carbocycles. The third-order valence-electron chi connectivity index (χ3n) is 7.37. The maximum Gasteiger partial charge on any atom is 0.264 e. The Balaban J connectivity index is 1.79. The SMILES string of the molecule is CCCCNC(=O)[C@@H](Cc1ccccc1)N(Cc1cccc(Br)c1)C(=O)CN(c1cccc(Cl)c1)S(=O)(=O)c1ccc(OC)cc1. The van der Waals surface area contributed by atoms with E-state index in [2.05, 4.69) is 21.2 Å². The van der Waals surface area contributed by atoms with Crippen LogP contribution in [0.3, 0.4) is 0 Å². The Morgan fingerprint density at radius 3 is 2.26 bits per heavy atom. The highest BCUT2D eigenvalue weighted by Crippen LogP contribution is 2.28. The summed E-state index contributed by atoms with van der Waals surface area (Å²) in [6.45, 7) is 1.99. The minimum absolute atomic E-state index is 0.0299. The third kappa shape index (κ3) is 9.34. The van der Waals surface area contributed by atoms with Crippen LogP contribution in [0, 0.1) is 0 Å². The van der Waals surface area contributed by atoms with Crippen LogP contribution in [0.25, 0.3) is 0 Å². The maximum absolute atomic E-state index is 14.5. The van der Waals surface area contributed by atoms with Gasteiger partial charge < -0.3 is 15.0 Å².